The first kappa shape index (κ1) is 12.8. The molecule has 2 rings (SSSR count). The van der Waals surface area contributed by atoms with Crippen molar-refractivity contribution in [3.8, 4) is 0 Å². The van der Waals surface area contributed by atoms with Gasteiger partial charge < -0.3 is 5.32 Å². The molecular weight excluding hydrogens is 220 g/mol. The van der Waals surface area contributed by atoms with Crippen molar-refractivity contribution in [3.05, 3.63) is 65.5 Å². The molecule has 0 radical (unpaired) electrons. The molecule has 0 aliphatic heterocycles. The van der Waals surface area contributed by atoms with Gasteiger partial charge in [-0.3, -0.25) is 4.98 Å². The second kappa shape index (κ2) is 6.31. The first-order valence-corrected chi connectivity index (χ1v) is 6.45. The largest absolute Gasteiger partial charge is 0.310 e. The maximum absolute atomic E-state index is 4.03. The Balaban J connectivity index is 1.86. The van der Waals surface area contributed by atoms with Gasteiger partial charge in [0.2, 0.25) is 0 Å². The van der Waals surface area contributed by atoms with Gasteiger partial charge in [0.25, 0.3) is 0 Å². The number of aromatic nitrogens is 1. The van der Waals surface area contributed by atoms with Gasteiger partial charge >= 0.3 is 0 Å². The maximum Gasteiger partial charge on any atom is 0.0294 e. The summed E-state index contributed by atoms with van der Waals surface area (Å²) >= 11 is 0. The lowest BCUT2D eigenvalue weighted by molar-refractivity contribution is 0.574. The van der Waals surface area contributed by atoms with Gasteiger partial charge in [0.1, 0.15) is 0 Å². The average Bonchev–Trinajstić information content (AvgIpc) is 2.40. The van der Waals surface area contributed by atoms with E-state index in [-0.39, 0.29) is 0 Å². The summed E-state index contributed by atoms with van der Waals surface area (Å²) < 4.78 is 0. The lowest BCUT2D eigenvalue weighted by Crippen LogP contribution is -2.22. The van der Waals surface area contributed by atoms with Crippen LogP contribution in [0.25, 0.3) is 0 Å². The molecule has 0 spiro atoms. The van der Waals surface area contributed by atoms with Gasteiger partial charge in [-0.15, -0.1) is 0 Å². The summed E-state index contributed by atoms with van der Waals surface area (Å²) in [6.07, 6.45) is 4.74. The molecule has 0 aliphatic rings. The van der Waals surface area contributed by atoms with Crippen molar-refractivity contribution >= 4 is 0 Å². The Morgan fingerprint density at radius 1 is 1.11 bits per heavy atom. The number of nitrogens with one attached hydrogen (secondary N) is 1. The molecule has 18 heavy (non-hydrogen) atoms. The standard InChI is InChI=1S/C16H20N2/c1-13-5-3-4-6-16(13)14(2)18-12-9-15-7-10-17-11-8-15/h3-8,10-11,14,18H,9,12H2,1-2H3. The van der Waals surface area contributed by atoms with Gasteiger partial charge in [-0.05, 0) is 55.6 Å². The van der Waals surface area contributed by atoms with E-state index in [0.717, 1.165) is 13.0 Å². The predicted molar refractivity (Wildman–Crippen MR) is 75.5 cm³/mol. The Hall–Kier alpha value is -1.67. The molecule has 1 N–H and O–H groups in total. The molecule has 0 fully saturated rings. The van der Waals surface area contributed by atoms with E-state index in [0.29, 0.717) is 6.04 Å². The summed E-state index contributed by atoms with van der Waals surface area (Å²) in [6, 6.07) is 13.1. The Kier molecular flexibility index (Phi) is 4.48. The second-order valence-corrected chi connectivity index (χ2v) is 4.64. The van der Waals surface area contributed by atoms with E-state index in [4.69, 9.17) is 0 Å². The highest BCUT2D eigenvalue weighted by Gasteiger charge is 2.06. The third kappa shape index (κ3) is 3.41. The van der Waals surface area contributed by atoms with E-state index in [1.165, 1.54) is 16.7 Å². The number of hydrogen-bond donors (Lipinski definition) is 1. The fraction of sp³-hybridized carbons (Fsp3) is 0.312. The van der Waals surface area contributed by atoms with E-state index in [1.54, 1.807) is 0 Å². The third-order valence-corrected chi connectivity index (χ3v) is 3.27. The Bertz CT molecular complexity index is 479. The highest BCUT2D eigenvalue weighted by molar-refractivity contribution is 5.28. The molecule has 0 aliphatic carbocycles. The van der Waals surface area contributed by atoms with Crippen LogP contribution in [0.1, 0.15) is 29.7 Å². The van der Waals surface area contributed by atoms with Crippen LogP contribution in [0.15, 0.2) is 48.8 Å². The molecule has 1 atom stereocenters. The van der Waals surface area contributed by atoms with Gasteiger partial charge in [-0.25, -0.2) is 0 Å². The third-order valence-electron chi connectivity index (χ3n) is 3.27. The second-order valence-electron chi connectivity index (χ2n) is 4.64. The lowest BCUT2D eigenvalue weighted by atomic mass is 10.0. The zero-order chi connectivity index (χ0) is 12.8. The highest BCUT2D eigenvalue weighted by Crippen LogP contribution is 2.16. The quantitative estimate of drug-likeness (QED) is 0.867. The molecule has 0 bridgehead atoms. The zero-order valence-electron chi connectivity index (χ0n) is 11.1. The van der Waals surface area contributed by atoms with E-state index in [2.05, 4.69) is 60.5 Å². The topological polar surface area (TPSA) is 24.9 Å². The van der Waals surface area contributed by atoms with Crippen LogP contribution in [0.4, 0.5) is 0 Å². The number of aryl methyl sites for hydroxylation is 1. The molecule has 1 unspecified atom stereocenters. The average molecular weight is 240 g/mol. The normalized spacial score (nSPS) is 12.3. The van der Waals surface area contributed by atoms with Crippen LogP contribution >= 0.6 is 0 Å². The monoisotopic (exact) mass is 240 g/mol. The van der Waals surface area contributed by atoms with E-state index in [1.807, 2.05) is 12.4 Å². The number of nitrogens with zero attached hydrogens (tertiary/aromatic N) is 1. The van der Waals surface area contributed by atoms with Crippen LogP contribution in [0.3, 0.4) is 0 Å². The molecule has 2 nitrogen and oxygen atoms in total. The Labute approximate surface area is 109 Å². The van der Waals surface area contributed by atoms with Gasteiger partial charge in [-0.2, -0.15) is 0 Å². The molecule has 1 heterocycles. The SMILES string of the molecule is Cc1ccccc1C(C)NCCc1ccncc1. The fourth-order valence-electron chi connectivity index (χ4n) is 2.17. The summed E-state index contributed by atoms with van der Waals surface area (Å²) in [7, 11) is 0. The van der Waals surface area contributed by atoms with Crippen molar-refractivity contribution in [1.29, 1.82) is 0 Å². The maximum atomic E-state index is 4.03. The summed E-state index contributed by atoms with van der Waals surface area (Å²) in [5.41, 5.74) is 4.06. The van der Waals surface area contributed by atoms with Crippen LogP contribution in [-0.2, 0) is 6.42 Å². The molecule has 0 saturated heterocycles. The van der Waals surface area contributed by atoms with Crippen LogP contribution in [-0.4, -0.2) is 11.5 Å². The molecular formula is C16H20N2. The smallest absolute Gasteiger partial charge is 0.0294 e. The minimum atomic E-state index is 0.396. The lowest BCUT2D eigenvalue weighted by Gasteiger charge is -2.16. The van der Waals surface area contributed by atoms with Crippen molar-refractivity contribution in [3.63, 3.8) is 0 Å². The molecule has 2 aromatic rings. The van der Waals surface area contributed by atoms with Gasteiger partial charge in [-0.1, -0.05) is 24.3 Å². The Morgan fingerprint density at radius 3 is 2.56 bits per heavy atom. The summed E-state index contributed by atoms with van der Waals surface area (Å²) in [6.45, 7) is 5.37. The molecule has 1 aromatic heterocycles. The summed E-state index contributed by atoms with van der Waals surface area (Å²) in [4.78, 5) is 4.03. The molecule has 1 aromatic carbocycles. The van der Waals surface area contributed by atoms with Crippen LogP contribution in [0.2, 0.25) is 0 Å². The van der Waals surface area contributed by atoms with Gasteiger partial charge in [0.05, 0.1) is 0 Å². The first-order chi connectivity index (χ1) is 8.77. The molecule has 0 saturated carbocycles. The highest BCUT2D eigenvalue weighted by atomic mass is 14.9. The van der Waals surface area contributed by atoms with Crippen molar-refractivity contribution in [2.45, 2.75) is 26.3 Å². The van der Waals surface area contributed by atoms with Gasteiger partial charge in [0, 0.05) is 18.4 Å². The minimum Gasteiger partial charge on any atom is -0.310 e. The van der Waals surface area contributed by atoms with E-state index >= 15 is 0 Å². The van der Waals surface area contributed by atoms with Crippen molar-refractivity contribution in [1.82, 2.24) is 10.3 Å². The van der Waals surface area contributed by atoms with Gasteiger partial charge in [0.15, 0.2) is 0 Å². The molecule has 94 valence electrons. The number of benzene rings is 1. The van der Waals surface area contributed by atoms with Crippen LogP contribution in [0.5, 0.6) is 0 Å². The molecule has 2 heteroatoms. The Morgan fingerprint density at radius 2 is 1.83 bits per heavy atom. The van der Waals surface area contributed by atoms with E-state index in [9.17, 15) is 0 Å². The number of pyridine rings is 1. The van der Waals surface area contributed by atoms with Crippen molar-refractivity contribution in [2.75, 3.05) is 6.54 Å². The van der Waals surface area contributed by atoms with Crippen LogP contribution < -0.4 is 5.32 Å². The van der Waals surface area contributed by atoms with E-state index < -0.39 is 0 Å². The number of hydrogen-bond acceptors (Lipinski definition) is 2. The predicted octanol–water partition coefficient (Wildman–Crippen LogP) is 3.28. The number of rotatable bonds is 5. The van der Waals surface area contributed by atoms with Crippen molar-refractivity contribution in [2.24, 2.45) is 0 Å². The summed E-state index contributed by atoms with van der Waals surface area (Å²) in [5, 5.41) is 3.57. The minimum absolute atomic E-state index is 0.396. The van der Waals surface area contributed by atoms with Crippen LogP contribution in [0, 0.1) is 6.92 Å². The van der Waals surface area contributed by atoms with Crippen molar-refractivity contribution < 1.29 is 0 Å². The molecule has 0 amide bonds. The first-order valence-electron chi connectivity index (χ1n) is 6.45. The fourth-order valence-corrected chi connectivity index (χ4v) is 2.17. The zero-order valence-corrected chi connectivity index (χ0v) is 11.1. The summed E-state index contributed by atoms with van der Waals surface area (Å²) in [5.74, 6) is 0.